The fourth-order valence-corrected chi connectivity index (χ4v) is 6.64. The summed E-state index contributed by atoms with van der Waals surface area (Å²) in [5.41, 5.74) is 3.67. The van der Waals surface area contributed by atoms with Gasteiger partial charge >= 0.3 is 6.18 Å². The number of halogens is 3. The number of para-hydroxylation sites is 1. The zero-order chi connectivity index (χ0) is 29.1. The second kappa shape index (κ2) is 12.2. The molecule has 4 aromatic rings. The Labute approximate surface area is 238 Å². The smallest absolute Gasteiger partial charge is 0.405 e. The van der Waals surface area contributed by atoms with Crippen LogP contribution < -0.4 is 5.32 Å². The molecule has 1 amide bonds. The molecule has 2 atom stereocenters. The fourth-order valence-electron chi connectivity index (χ4n) is 5.09. The third-order valence-corrected chi connectivity index (χ3v) is 8.56. The van der Waals surface area contributed by atoms with Crippen molar-refractivity contribution in [3.8, 4) is 22.6 Å². The maximum atomic E-state index is 13.3. The Bertz CT molecular complexity index is 1510. The first-order chi connectivity index (χ1) is 19.7. The number of rotatable bonds is 10. The molecule has 0 aliphatic carbocycles. The van der Waals surface area contributed by atoms with Gasteiger partial charge in [0.05, 0.1) is 18.3 Å². The summed E-state index contributed by atoms with van der Waals surface area (Å²) in [5.74, 6) is 0.109. The lowest BCUT2D eigenvalue weighted by atomic mass is 9.95. The normalized spacial score (nSPS) is 16.2. The zero-order valence-electron chi connectivity index (χ0n) is 22.4. The molecular weight excluding hydrogens is 555 g/mol. The summed E-state index contributed by atoms with van der Waals surface area (Å²) in [5, 5.41) is 12.7. The lowest BCUT2D eigenvalue weighted by molar-refractivity contribution is -0.123. The van der Waals surface area contributed by atoms with Crippen LogP contribution in [0.1, 0.15) is 53.8 Å². The van der Waals surface area contributed by atoms with Gasteiger partial charge in [-0.05, 0) is 42.7 Å². The predicted molar refractivity (Wildman–Crippen MR) is 151 cm³/mol. The number of unbranched alkanes of at least 4 members (excludes halogenated alkanes) is 1. The van der Waals surface area contributed by atoms with Crippen LogP contribution >= 0.6 is 0 Å². The van der Waals surface area contributed by atoms with Crippen molar-refractivity contribution >= 4 is 28.2 Å². The van der Waals surface area contributed by atoms with Gasteiger partial charge in [-0.1, -0.05) is 49.7 Å². The number of aliphatic hydroxyl groups is 1. The molecule has 41 heavy (non-hydrogen) atoms. The minimum atomic E-state index is -4.57. The number of furan rings is 1. The van der Waals surface area contributed by atoms with Crippen molar-refractivity contribution in [2.45, 2.75) is 44.9 Å². The Morgan fingerprint density at radius 1 is 1.17 bits per heavy atom. The van der Waals surface area contributed by atoms with Gasteiger partial charge in [0.25, 0.3) is 5.91 Å². The van der Waals surface area contributed by atoms with Crippen molar-refractivity contribution in [3.05, 3.63) is 77.5 Å². The monoisotopic (exact) mass is 585 g/mol. The Hall–Kier alpha value is -3.38. The van der Waals surface area contributed by atoms with Gasteiger partial charge in [-0.25, -0.2) is 4.98 Å². The van der Waals surface area contributed by atoms with Gasteiger partial charge in [-0.2, -0.15) is 13.2 Å². The van der Waals surface area contributed by atoms with Gasteiger partial charge in [0.2, 0.25) is 0 Å². The van der Waals surface area contributed by atoms with E-state index in [0.717, 1.165) is 29.4 Å². The van der Waals surface area contributed by atoms with Crippen molar-refractivity contribution in [1.29, 1.82) is 0 Å². The minimum Gasteiger partial charge on any atom is -0.598 e. The van der Waals surface area contributed by atoms with Crippen LogP contribution in [0.2, 0.25) is 0 Å². The van der Waals surface area contributed by atoms with E-state index in [-0.39, 0.29) is 25.3 Å². The SMILES string of the molecule is CCCC[S+]([O-])N1Cc2cc(C(=O)NCC(F)(F)F)nc(-c3cccc(-c4cc5ccccc5o4)c3)c2C1CCO. The van der Waals surface area contributed by atoms with Gasteiger partial charge in [0, 0.05) is 40.0 Å². The topological polar surface area (TPSA) is 102 Å². The average molecular weight is 586 g/mol. The lowest BCUT2D eigenvalue weighted by Crippen LogP contribution is -2.34. The summed E-state index contributed by atoms with van der Waals surface area (Å²) in [4.78, 5) is 17.4. The first-order valence-electron chi connectivity index (χ1n) is 13.4. The maximum Gasteiger partial charge on any atom is 0.405 e. The summed E-state index contributed by atoms with van der Waals surface area (Å²) in [6, 6.07) is 17.9. The highest BCUT2D eigenvalue weighted by molar-refractivity contribution is 7.89. The molecule has 2 aromatic carbocycles. The van der Waals surface area contributed by atoms with Crippen molar-refractivity contribution in [2.24, 2.45) is 0 Å². The Morgan fingerprint density at radius 2 is 1.95 bits per heavy atom. The number of benzene rings is 2. The number of amides is 1. The largest absolute Gasteiger partial charge is 0.598 e. The highest BCUT2D eigenvalue weighted by Crippen LogP contribution is 2.44. The quantitative estimate of drug-likeness (QED) is 0.216. The van der Waals surface area contributed by atoms with E-state index in [0.29, 0.717) is 33.9 Å². The summed E-state index contributed by atoms with van der Waals surface area (Å²) in [6.45, 7) is 0.568. The van der Waals surface area contributed by atoms with Crippen LogP contribution in [0.5, 0.6) is 0 Å². The van der Waals surface area contributed by atoms with E-state index in [1.165, 1.54) is 6.07 Å². The highest BCUT2D eigenvalue weighted by atomic mass is 32.2. The molecule has 11 heteroatoms. The van der Waals surface area contributed by atoms with Crippen LogP contribution in [0.25, 0.3) is 33.6 Å². The lowest BCUT2D eigenvalue weighted by Gasteiger charge is -2.26. The number of aliphatic hydroxyl groups excluding tert-OH is 1. The average Bonchev–Trinajstić information content (AvgIpc) is 3.56. The van der Waals surface area contributed by atoms with E-state index in [2.05, 4.69) is 4.98 Å². The predicted octanol–water partition coefficient (Wildman–Crippen LogP) is 6.16. The van der Waals surface area contributed by atoms with Gasteiger partial charge in [-0.3, -0.25) is 4.79 Å². The number of alkyl halides is 3. The first-order valence-corrected chi connectivity index (χ1v) is 14.7. The van der Waals surface area contributed by atoms with E-state index >= 15 is 0 Å². The standard InChI is InChI=1S/C30H30F3N3O4S/c1-2-3-13-41(39)36-17-22-15-23(29(38)34-18-30(31,32)33)35-28(27(22)24(36)11-12-37)21-9-6-8-19(14-21)26-16-20-7-4-5-10-25(20)40-26/h4-10,14-16,24,37H,2-3,11-13,17-18H2,1H3,(H,34,38). The number of hydrogen-bond acceptors (Lipinski definition) is 6. The molecule has 2 aromatic heterocycles. The molecule has 0 spiro atoms. The van der Waals surface area contributed by atoms with E-state index in [1.807, 2.05) is 60.8 Å². The molecular formula is C30H30F3N3O4S. The molecule has 2 unspecified atom stereocenters. The van der Waals surface area contributed by atoms with Crippen LogP contribution in [0.15, 0.2) is 65.1 Å². The number of pyridine rings is 1. The van der Waals surface area contributed by atoms with Gasteiger partial charge in [0.15, 0.2) is 0 Å². The van der Waals surface area contributed by atoms with Gasteiger partial charge in [-0.15, -0.1) is 4.31 Å². The van der Waals surface area contributed by atoms with Crippen molar-refractivity contribution in [1.82, 2.24) is 14.6 Å². The van der Waals surface area contributed by atoms with Crippen LogP contribution in [-0.2, 0) is 17.9 Å². The summed E-state index contributed by atoms with van der Waals surface area (Å²) in [7, 11) is 0. The van der Waals surface area contributed by atoms with Crippen molar-refractivity contribution < 1.29 is 32.0 Å². The summed E-state index contributed by atoms with van der Waals surface area (Å²) in [6.07, 6.45) is -2.68. The van der Waals surface area contributed by atoms with Crippen molar-refractivity contribution in [3.63, 3.8) is 0 Å². The number of nitrogens with zero attached hydrogens (tertiary/aromatic N) is 2. The summed E-state index contributed by atoms with van der Waals surface area (Å²) >= 11 is -1.36. The number of aromatic nitrogens is 1. The Balaban J connectivity index is 1.60. The van der Waals surface area contributed by atoms with E-state index < -0.39 is 36.0 Å². The van der Waals surface area contributed by atoms with Crippen LogP contribution in [0.3, 0.4) is 0 Å². The Kier molecular flexibility index (Phi) is 8.69. The molecule has 7 nitrogen and oxygen atoms in total. The first kappa shape index (κ1) is 29.1. The number of fused-ring (bicyclic) bond motifs is 2. The molecule has 1 aliphatic rings. The molecule has 5 rings (SSSR count). The van der Waals surface area contributed by atoms with E-state index in [4.69, 9.17) is 4.42 Å². The van der Waals surface area contributed by atoms with Crippen molar-refractivity contribution in [2.75, 3.05) is 18.9 Å². The second-order valence-corrected chi connectivity index (χ2v) is 11.5. The van der Waals surface area contributed by atoms with Crippen LogP contribution in [0, 0.1) is 0 Å². The van der Waals surface area contributed by atoms with Crippen LogP contribution in [-0.4, -0.2) is 49.9 Å². The van der Waals surface area contributed by atoms with E-state index in [9.17, 15) is 27.6 Å². The number of carbonyl (C=O) groups excluding carboxylic acids is 1. The summed E-state index contributed by atoms with van der Waals surface area (Å²) < 4.78 is 59.6. The second-order valence-electron chi connectivity index (χ2n) is 9.94. The number of carbonyl (C=O) groups is 1. The van der Waals surface area contributed by atoms with Gasteiger partial charge in [0.1, 0.15) is 29.3 Å². The van der Waals surface area contributed by atoms with E-state index in [1.54, 1.807) is 10.4 Å². The molecule has 1 aliphatic heterocycles. The molecule has 0 radical (unpaired) electrons. The molecule has 0 fully saturated rings. The molecule has 0 saturated heterocycles. The number of nitrogens with one attached hydrogen (secondary N) is 1. The third-order valence-electron chi connectivity index (χ3n) is 7.02. The molecule has 216 valence electrons. The maximum absolute atomic E-state index is 13.3. The molecule has 3 heterocycles. The highest BCUT2D eigenvalue weighted by Gasteiger charge is 2.40. The minimum absolute atomic E-state index is 0.166. The molecule has 0 saturated carbocycles. The third kappa shape index (κ3) is 6.43. The number of hydrogen-bond donors (Lipinski definition) is 2. The molecule has 2 N–H and O–H groups in total. The van der Waals surface area contributed by atoms with Gasteiger partial charge < -0.3 is 19.4 Å². The van der Waals surface area contributed by atoms with Crippen LogP contribution in [0.4, 0.5) is 13.2 Å². The molecule has 0 bridgehead atoms. The Morgan fingerprint density at radius 3 is 2.68 bits per heavy atom. The zero-order valence-corrected chi connectivity index (χ0v) is 23.2. The fraction of sp³-hybridized carbons (Fsp3) is 0.333.